The second-order valence-electron chi connectivity index (χ2n) is 4.28. The van der Waals surface area contributed by atoms with Crippen LogP contribution in [0.3, 0.4) is 0 Å². The summed E-state index contributed by atoms with van der Waals surface area (Å²) in [5, 5.41) is 18.4. The molecule has 1 aliphatic rings. The van der Waals surface area contributed by atoms with Gasteiger partial charge in [-0.15, -0.1) is 0 Å². The molecule has 2 N–H and O–H groups in total. The van der Waals surface area contributed by atoms with E-state index >= 15 is 0 Å². The summed E-state index contributed by atoms with van der Waals surface area (Å²) in [5.74, 6) is -2.07. The lowest BCUT2D eigenvalue weighted by molar-refractivity contribution is -0.140. The number of aliphatic carboxylic acids is 1. The van der Waals surface area contributed by atoms with Gasteiger partial charge in [0.1, 0.15) is 11.9 Å². The number of halogens is 1. The third kappa shape index (κ3) is 2.60. The average Bonchev–Trinajstić information content (AvgIpc) is 2.72. The third-order valence-corrected chi connectivity index (χ3v) is 4.79. The van der Waals surface area contributed by atoms with Gasteiger partial charge in [0.2, 0.25) is 10.0 Å². The van der Waals surface area contributed by atoms with Crippen molar-refractivity contribution in [3.05, 3.63) is 30.1 Å². The number of hydrogen-bond donors (Lipinski definition) is 2. The first-order valence-electron chi connectivity index (χ1n) is 5.50. The Bertz CT molecular complexity index is 603. The maximum atomic E-state index is 13.1. The number of benzene rings is 1. The minimum absolute atomic E-state index is 0.177. The molecule has 1 saturated heterocycles. The van der Waals surface area contributed by atoms with Crippen molar-refractivity contribution in [2.24, 2.45) is 0 Å². The summed E-state index contributed by atoms with van der Waals surface area (Å²) >= 11 is 0. The first kappa shape index (κ1) is 13.9. The molecule has 0 amide bonds. The molecule has 8 heteroatoms. The Morgan fingerprint density at radius 3 is 2.68 bits per heavy atom. The fourth-order valence-corrected chi connectivity index (χ4v) is 3.70. The predicted octanol–water partition coefficient (Wildman–Crippen LogP) is 0.0342. The monoisotopic (exact) mass is 289 g/mol. The number of nitrogens with zero attached hydrogens (tertiary/aromatic N) is 1. The van der Waals surface area contributed by atoms with E-state index in [0.29, 0.717) is 4.31 Å². The summed E-state index contributed by atoms with van der Waals surface area (Å²) in [7, 11) is -4.14. The molecular formula is C11H12FNO5S. The van der Waals surface area contributed by atoms with E-state index < -0.39 is 34.0 Å². The van der Waals surface area contributed by atoms with Gasteiger partial charge in [-0.1, -0.05) is 6.07 Å². The minimum atomic E-state index is -4.14. The number of β-amino-alcohol motifs (C(OH)–C–C–N with tert-alkyl or cyclic N) is 1. The van der Waals surface area contributed by atoms with Gasteiger partial charge in [-0.25, -0.2) is 12.8 Å². The first-order chi connectivity index (χ1) is 8.82. The molecule has 0 radical (unpaired) electrons. The largest absolute Gasteiger partial charge is 0.480 e. The van der Waals surface area contributed by atoms with Crippen molar-refractivity contribution >= 4 is 16.0 Å². The molecule has 1 fully saturated rings. The highest BCUT2D eigenvalue weighted by Gasteiger charge is 2.43. The highest BCUT2D eigenvalue weighted by atomic mass is 32.2. The Morgan fingerprint density at radius 1 is 1.42 bits per heavy atom. The van der Waals surface area contributed by atoms with E-state index in [1.165, 1.54) is 12.1 Å². The number of aliphatic hydroxyl groups is 1. The van der Waals surface area contributed by atoms with Gasteiger partial charge in [0.25, 0.3) is 0 Å². The van der Waals surface area contributed by atoms with Crippen molar-refractivity contribution in [1.29, 1.82) is 0 Å². The average molecular weight is 289 g/mol. The van der Waals surface area contributed by atoms with Crippen LogP contribution >= 0.6 is 0 Å². The summed E-state index contributed by atoms with van der Waals surface area (Å²) in [4.78, 5) is 10.7. The van der Waals surface area contributed by atoms with E-state index in [1.807, 2.05) is 0 Å². The molecule has 1 aromatic carbocycles. The van der Waals surface area contributed by atoms with E-state index in [-0.39, 0.29) is 17.9 Å². The Kier molecular flexibility index (Phi) is 3.57. The molecule has 0 spiro atoms. The summed E-state index contributed by atoms with van der Waals surface area (Å²) in [6.07, 6.45) is -1.21. The van der Waals surface area contributed by atoms with Crippen LogP contribution in [0.15, 0.2) is 29.2 Å². The first-order valence-corrected chi connectivity index (χ1v) is 6.94. The van der Waals surface area contributed by atoms with Crippen LogP contribution < -0.4 is 0 Å². The molecule has 0 bridgehead atoms. The van der Waals surface area contributed by atoms with Gasteiger partial charge in [0.15, 0.2) is 0 Å². The molecule has 19 heavy (non-hydrogen) atoms. The van der Waals surface area contributed by atoms with Crippen molar-refractivity contribution in [2.75, 3.05) is 6.54 Å². The normalized spacial score (nSPS) is 24.5. The highest BCUT2D eigenvalue weighted by molar-refractivity contribution is 7.89. The van der Waals surface area contributed by atoms with Gasteiger partial charge >= 0.3 is 5.97 Å². The smallest absolute Gasteiger partial charge is 0.322 e. The van der Waals surface area contributed by atoms with Crippen molar-refractivity contribution in [2.45, 2.75) is 23.5 Å². The highest BCUT2D eigenvalue weighted by Crippen LogP contribution is 2.26. The number of carbonyl (C=O) groups is 1. The van der Waals surface area contributed by atoms with E-state index in [1.54, 1.807) is 0 Å². The predicted molar refractivity (Wildman–Crippen MR) is 62.3 cm³/mol. The van der Waals surface area contributed by atoms with E-state index in [4.69, 9.17) is 5.11 Å². The molecule has 0 saturated carbocycles. The molecule has 2 rings (SSSR count). The Labute approximate surface area is 109 Å². The van der Waals surface area contributed by atoms with E-state index in [0.717, 1.165) is 12.1 Å². The maximum absolute atomic E-state index is 13.1. The minimum Gasteiger partial charge on any atom is -0.480 e. The van der Waals surface area contributed by atoms with Gasteiger partial charge in [0.05, 0.1) is 11.0 Å². The number of aliphatic hydroxyl groups excluding tert-OH is 1. The van der Waals surface area contributed by atoms with Gasteiger partial charge in [0, 0.05) is 13.0 Å². The second kappa shape index (κ2) is 4.87. The topological polar surface area (TPSA) is 94.9 Å². The van der Waals surface area contributed by atoms with Crippen molar-refractivity contribution in [1.82, 2.24) is 4.31 Å². The molecule has 1 aliphatic heterocycles. The van der Waals surface area contributed by atoms with Crippen molar-refractivity contribution in [3.8, 4) is 0 Å². The van der Waals surface area contributed by atoms with Crippen LogP contribution in [-0.4, -0.2) is 47.6 Å². The van der Waals surface area contributed by atoms with Crippen LogP contribution in [0.4, 0.5) is 4.39 Å². The Morgan fingerprint density at radius 2 is 2.11 bits per heavy atom. The molecule has 1 aromatic rings. The molecule has 1 heterocycles. The Balaban J connectivity index is 2.41. The number of hydrogen-bond acceptors (Lipinski definition) is 4. The molecule has 6 nitrogen and oxygen atoms in total. The van der Waals surface area contributed by atoms with E-state index in [9.17, 15) is 22.7 Å². The third-order valence-electron chi connectivity index (χ3n) is 2.92. The number of rotatable bonds is 3. The fourth-order valence-electron chi connectivity index (χ4n) is 2.04. The van der Waals surface area contributed by atoms with Crippen LogP contribution in [0.25, 0.3) is 0 Å². The number of sulfonamides is 1. The second-order valence-corrected chi connectivity index (χ2v) is 6.17. The maximum Gasteiger partial charge on any atom is 0.322 e. The zero-order valence-electron chi connectivity index (χ0n) is 9.73. The lowest BCUT2D eigenvalue weighted by Gasteiger charge is -2.20. The van der Waals surface area contributed by atoms with Crippen molar-refractivity contribution < 1.29 is 27.8 Å². The lowest BCUT2D eigenvalue weighted by atomic mass is 10.2. The number of carboxylic acid groups (broad SMARTS) is 1. The van der Waals surface area contributed by atoms with Crippen LogP contribution in [0.5, 0.6) is 0 Å². The molecule has 0 aliphatic carbocycles. The summed E-state index contributed by atoms with van der Waals surface area (Å²) in [6.45, 7) is -0.310. The summed E-state index contributed by atoms with van der Waals surface area (Å²) in [6, 6.07) is 2.99. The lowest BCUT2D eigenvalue weighted by Crippen LogP contribution is -2.40. The van der Waals surface area contributed by atoms with Gasteiger partial charge in [-0.05, 0) is 18.2 Å². The zero-order valence-corrected chi connectivity index (χ0v) is 10.5. The van der Waals surface area contributed by atoms with E-state index in [2.05, 4.69) is 0 Å². The van der Waals surface area contributed by atoms with Crippen LogP contribution in [0.2, 0.25) is 0 Å². The SMILES string of the molecule is O=C(O)[C@@H]1C[C@H](O)CN1S(=O)(=O)c1cccc(F)c1. The molecular weight excluding hydrogens is 277 g/mol. The van der Waals surface area contributed by atoms with Crippen LogP contribution in [0.1, 0.15) is 6.42 Å². The summed E-state index contributed by atoms with van der Waals surface area (Å²) in [5.41, 5.74) is 0. The Hall–Kier alpha value is -1.51. The standard InChI is InChI=1S/C11H12FNO5S/c12-7-2-1-3-9(4-7)19(17,18)13-6-8(14)5-10(13)11(15)16/h1-4,8,10,14H,5-6H2,(H,15,16)/t8-,10-/m0/s1. The van der Waals surface area contributed by atoms with Crippen molar-refractivity contribution in [3.63, 3.8) is 0 Å². The number of carboxylic acids is 1. The summed E-state index contributed by atoms with van der Waals surface area (Å²) < 4.78 is 38.2. The fraction of sp³-hybridized carbons (Fsp3) is 0.364. The zero-order chi connectivity index (χ0) is 14.2. The van der Waals surface area contributed by atoms with Gasteiger partial charge in [-0.2, -0.15) is 4.31 Å². The van der Waals surface area contributed by atoms with Crippen LogP contribution in [-0.2, 0) is 14.8 Å². The molecule has 0 unspecified atom stereocenters. The van der Waals surface area contributed by atoms with Gasteiger partial charge in [-0.3, -0.25) is 4.79 Å². The molecule has 2 atom stereocenters. The molecule has 104 valence electrons. The van der Waals surface area contributed by atoms with Crippen LogP contribution in [0, 0.1) is 5.82 Å². The quantitative estimate of drug-likeness (QED) is 0.819. The molecule has 0 aromatic heterocycles. The van der Waals surface area contributed by atoms with Gasteiger partial charge < -0.3 is 10.2 Å².